The third-order valence-electron chi connectivity index (χ3n) is 15.4. The number of hydrogen-bond donors (Lipinski definition) is 1. The van der Waals surface area contributed by atoms with Crippen molar-refractivity contribution in [3.63, 3.8) is 0 Å². The summed E-state index contributed by atoms with van der Waals surface area (Å²) >= 11 is 0. The van der Waals surface area contributed by atoms with E-state index in [1.807, 2.05) is 17.0 Å². The van der Waals surface area contributed by atoms with Gasteiger partial charge in [-0.25, -0.2) is 9.49 Å². The minimum Gasteiger partial charge on any atom is -0.378 e. The molecule has 1 N–H and O–H groups in total. The first-order valence-corrected chi connectivity index (χ1v) is 21.4. The maximum atomic E-state index is 15.0. The van der Waals surface area contributed by atoms with E-state index in [1.54, 1.807) is 29.2 Å². The van der Waals surface area contributed by atoms with Crippen LogP contribution in [-0.4, -0.2) is 76.5 Å². The Morgan fingerprint density at radius 3 is 2.45 bits per heavy atom. The molecule has 4 aliphatic carbocycles. The van der Waals surface area contributed by atoms with Gasteiger partial charge in [-0.2, -0.15) is 5.10 Å². The molecule has 1 saturated heterocycles. The predicted octanol–water partition coefficient (Wildman–Crippen LogP) is 7.74. The molecule has 8 rings (SSSR count). The molecule has 0 radical (unpaired) electrons. The smallest absolute Gasteiger partial charge is 0.272 e. The van der Waals surface area contributed by atoms with Crippen molar-refractivity contribution in [1.82, 2.24) is 20.0 Å². The van der Waals surface area contributed by atoms with Crippen LogP contribution in [0.1, 0.15) is 119 Å². The van der Waals surface area contributed by atoms with Crippen LogP contribution < -0.4 is 5.56 Å². The monoisotopic (exact) mass is 766 g/mol. The number of nitrogens with one attached hydrogen (secondary N) is 1. The van der Waals surface area contributed by atoms with Crippen LogP contribution in [0.5, 0.6) is 0 Å². The van der Waals surface area contributed by atoms with Gasteiger partial charge in [0.1, 0.15) is 11.6 Å². The quantitative estimate of drug-likeness (QED) is 0.212. The number of aromatic amines is 1. The minimum atomic E-state index is -0.583. The van der Waals surface area contributed by atoms with Crippen molar-refractivity contribution in [2.24, 2.45) is 40.4 Å². The summed E-state index contributed by atoms with van der Waals surface area (Å²) in [6, 6.07) is 11.7. The lowest BCUT2D eigenvalue weighted by molar-refractivity contribution is -0.151. The second kappa shape index (κ2) is 15.8. The van der Waals surface area contributed by atoms with Crippen molar-refractivity contribution in [2.45, 2.75) is 110 Å². The zero-order valence-electron chi connectivity index (χ0n) is 33.5. The van der Waals surface area contributed by atoms with Gasteiger partial charge in [-0.05, 0) is 116 Å². The highest BCUT2D eigenvalue weighted by molar-refractivity contribution is 5.95. The number of halogens is 1. The number of fused-ring (bicyclic) bond motifs is 6. The number of nitrogens with zero attached hydrogens (tertiary/aromatic N) is 3. The second-order valence-electron chi connectivity index (χ2n) is 18.4. The highest BCUT2D eigenvalue weighted by Crippen LogP contribution is 2.66. The number of H-pyrrole nitrogens is 1. The number of carbonyl (C=O) groups excluding carboxylic acids is 3. The number of ketones is 1. The molecule has 2 aromatic carbocycles. The number of rotatable bonds is 10. The van der Waals surface area contributed by atoms with Crippen LogP contribution in [0.3, 0.4) is 0 Å². The van der Waals surface area contributed by atoms with Crippen LogP contribution in [0.4, 0.5) is 4.39 Å². The fourth-order valence-corrected chi connectivity index (χ4v) is 12.2. The second-order valence-corrected chi connectivity index (χ2v) is 18.4. The number of benzene rings is 2. The first kappa shape index (κ1) is 38.9. The van der Waals surface area contributed by atoms with Gasteiger partial charge in [-0.3, -0.25) is 19.2 Å². The molecule has 56 heavy (non-hydrogen) atoms. The Bertz CT molecular complexity index is 2030. The summed E-state index contributed by atoms with van der Waals surface area (Å²) in [5, 5.41) is 8.02. The average Bonchev–Trinajstić information content (AvgIpc) is 3.54. The Morgan fingerprint density at radius 1 is 0.893 bits per heavy atom. The number of aromatic nitrogens is 2. The minimum absolute atomic E-state index is 0.00218. The van der Waals surface area contributed by atoms with Crippen LogP contribution in [0.25, 0.3) is 10.8 Å². The molecular formula is C46H59FN4O5. The number of carbonyl (C=O) groups is 3. The largest absolute Gasteiger partial charge is 0.378 e. The topological polar surface area (TPSA) is 113 Å². The Kier molecular flexibility index (Phi) is 11.0. The van der Waals surface area contributed by atoms with Crippen molar-refractivity contribution < 1.29 is 23.5 Å². The standard InChI is InChI=1S/C46H59FN4O5/c1-29-28-46(3)31(27-40(29)52)13-14-34-36-15-17-41(45(36,2)19-18-37(34)46)56-24-8-4-5-11-42(53)50-20-22-51(23-21-50)44(55)35-25-30(12-16-38(35)47)26-39-32-9-6-7-10-33(32)43(54)49-48-39/h6-7,9-10,12,16,25,29,31,34,36-37,41H,4-5,8,11,13-15,17-24,26-28H2,1-3H3,(H,49,54)/t29-,31?,34+,36+,37+,41+,45+,46+/m1/s1. The van der Waals surface area contributed by atoms with Crippen molar-refractivity contribution >= 4 is 28.4 Å². The van der Waals surface area contributed by atoms with E-state index in [1.165, 1.54) is 38.2 Å². The van der Waals surface area contributed by atoms with E-state index in [4.69, 9.17) is 4.74 Å². The molecule has 300 valence electrons. The zero-order chi connectivity index (χ0) is 39.2. The van der Waals surface area contributed by atoms with Crippen LogP contribution in [-0.2, 0) is 20.7 Å². The van der Waals surface area contributed by atoms with Crippen LogP contribution >= 0.6 is 0 Å². The number of hydrogen-bond acceptors (Lipinski definition) is 6. The molecule has 9 nitrogen and oxygen atoms in total. The lowest BCUT2D eigenvalue weighted by Crippen LogP contribution is -2.55. The SMILES string of the molecule is C[C@@H]1C[C@@]2(C)C(CC[C@H]3[C@@H]4CC[C@H](OCCCCCC(=O)N5CCN(C(=O)c6cc(Cc7n[nH]c(=O)c8ccccc78)ccc6F)CC5)[C@@]4(C)CC[C@@H]32)CC1=O. The summed E-state index contributed by atoms with van der Waals surface area (Å²) in [6.07, 6.45) is 13.1. The summed E-state index contributed by atoms with van der Waals surface area (Å²) in [5.74, 6) is 2.65. The molecule has 2 heterocycles. The van der Waals surface area contributed by atoms with Crippen LogP contribution in [0.2, 0.25) is 0 Å². The Hall–Kier alpha value is -3.92. The Morgan fingerprint density at radius 2 is 1.64 bits per heavy atom. The van der Waals surface area contributed by atoms with Gasteiger partial charge < -0.3 is 14.5 Å². The Labute approximate surface area is 330 Å². The fraction of sp³-hybridized carbons (Fsp3) is 0.630. The number of piperazine rings is 1. The number of amides is 2. The molecule has 1 aliphatic heterocycles. The van der Waals surface area contributed by atoms with Crippen LogP contribution in [0.15, 0.2) is 47.3 Å². The van der Waals surface area contributed by atoms with Gasteiger partial charge in [0, 0.05) is 63.4 Å². The van der Waals surface area contributed by atoms with E-state index in [0.717, 1.165) is 68.3 Å². The van der Waals surface area contributed by atoms with Gasteiger partial charge in [0.25, 0.3) is 11.5 Å². The summed E-state index contributed by atoms with van der Waals surface area (Å²) in [4.78, 5) is 54.8. The average molecular weight is 767 g/mol. The van der Waals surface area contributed by atoms with Crippen molar-refractivity contribution in [3.8, 4) is 0 Å². The summed E-state index contributed by atoms with van der Waals surface area (Å²) in [5.41, 5.74) is 1.65. The van der Waals surface area contributed by atoms with Gasteiger partial charge in [0.2, 0.25) is 5.91 Å². The van der Waals surface area contributed by atoms with E-state index >= 15 is 0 Å². The third kappa shape index (κ3) is 7.24. The lowest BCUT2D eigenvalue weighted by atomic mass is 9.44. The zero-order valence-corrected chi connectivity index (χ0v) is 33.5. The van der Waals surface area contributed by atoms with Crippen LogP contribution in [0, 0.1) is 46.2 Å². The van der Waals surface area contributed by atoms with E-state index in [9.17, 15) is 23.6 Å². The van der Waals surface area contributed by atoms with Crippen molar-refractivity contribution in [2.75, 3.05) is 32.8 Å². The van der Waals surface area contributed by atoms with E-state index in [2.05, 4.69) is 31.0 Å². The van der Waals surface area contributed by atoms with E-state index in [-0.39, 0.29) is 34.3 Å². The normalized spacial score (nSPS) is 31.5. The molecule has 2 amide bonds. The summed E-state index contributed by atoms with van der Waals surface area (Å²) in [7, 11) is 0. The van der Waals surface area contributed by atoms with Crippen molar-refractivity contribution in [1.29, 1.82) is 0 Å². The highest BCUT2D eigenvalue weighted by atomic mass is 19.1. The molecule has 1 aromatic heterocycles. The van der Waals surface area contributed by atoms with Gasteiger partial charge >= 0.3 is 0 Å². The molecule has 3 aromatic rings. The first-order chi connectivity index (χ1) is 27.0. The molecule has 10 heteroatoms. The summed E-state index contributed by atoms with van der Waals surface area (Å²) < 4.78 is 21.6. The molecule has 5 fully saturated rings. The fourth-order valence-electron chi connectivity index (χ4n) is 12.2. The molecular weight excluding hydrogens is 708 g/mol. The Balaban J connectivity index is 0.762. The third-order valence-corrected chi connectivity index (χ3v) is 15.4. The number of ether oxygens (including phenoxy) is 1. The van der Waals surface area contributed by atoms with E-state index in [0.29, 0.717) is 78.9 Å². The van der Waals surface area contributed by atoms with E-state index < -0.39 is 5.82 Å². The van der Waals surface area contributed by atoms with Gasteiger partial charge in [0.15, 0.2) is 0 Å². The lowest BCUT2D eigenvalue weighted by Gasteiger charge is -2.60. The predicted molar refractivity (Wildman–Crippen MR) is 214 cm³/mol. The van der Waals surface area contributed by atoms with Gasteiger partial charge in [-0.15, -0.1) is 0 Å². The molecule has 1 unspecified atom stereocenters. The summed E-state index contributed by atoms with van der Waals surface area (Å²) in [6.45, 7) is 9.51. The molecule has 0 bridgehead atoms. The first-order valence-electron chi connectivity index (χ1n) is 21.4. The molecule has 4 saturated carbocycles. The van der Waals surface area contributed by atoms with Gasteiger partial charge in [0.05, 0.1) is 22.7 Å². The maximum Gasteiger partial charge on any atom is 0.272 e. The number of Topliss-reactive ketones (excluding diaryl/α,β-unsaturated/α-hetero) is 1. The molecule has 8 atom stereocenters. The van der Waals surface area contributed by atoms with Gasteiger partial charge in [-0.1, -0.05) is 51.5 Å². The highest BCUT2D eigenvalue weighted by Gasteiger charge is 2.61. The maximum absolute atomic E-state index is 15.0. The number of unbranched alkanes of at least 4 members (excludes halogenated alkanes) is 2. The molecule has 0 spiro atoms. The molecule has 5 aliphatic rings. The van der Waals surface area contributed by atoms with Crippen molar-refractivity contribution in [3.05, 3.63) is 75.5 Å².